The number of hydrogen-bond donors (Lipinski definition) is 3. The van der Waals surface area contributed by atoms with Crippen LogP contribution in [0.3, 0.4) is 0 Å². The number of carbonyl (C=O) groups is 1. The third kappa shape index (κ3) is 1.98. The highest BCUT2D eigenvalue weighted by atomic mass is 35.5. The topological polar surface area (TPSA) is 104 Å². The van der Waals surface area contributed by atoms with E-state index in [1.165, 1.54) is 12.1 Å². The summed E-state index contributed by atoms with van der Waals surface area (Å²) in [5.74, 6) is -0.918. The van der Waals surface area contributed by atoms with E-state index in [-0.39, 0.29) is 16.7 Å². The number of amides is 1. The summed E-state index contributed by atoms with van der Waals surface area (Å²) in [5.41, 5.74) is -3.64. The van der Waals surface area contributed by atoms with Gasteiger partial charge in [0, 0.05) is 11.1 Å². The quantitative estimate of drug-likeness (QED) is 0.693. The van der Waals surface area contributed by atoms with Gasteiger partial charge in [0.15, 0.2) is 11.1 Å². The minimum Gasteiger partial charge on any atom is -0.373 e. The van der Waals surface area contributed by atoms with Crippen LogP contribution in [0.25, 0.3) is 0 Å². The number of rotatable bonds is 2. The van der Waals surface area contributed by atoms with Crippen molar-refractivity contribution >= 4 is 39.1 Å². The Balaban J connectivity index is 2.87. The molecule has 9 heteroatoms. The molecule has 1 aliphatic rings. The van der Waals surface area contributed by atoms with E-state index >= 15 is 0 Å². The second kappa shape index (κ2) is 4.36. The smallest absolute Gasteiger partial charge is 0.266 e. The van der Waals surface area contributed by atoms with Gasteiger partial charge in [-0.25, -0.2) is 13.1 Å². The van der Waals surface area contributed by atoms with E-state index in [4.69, 9.17) is 23.2 Å². The van der Waals surface area contributed by atoms with Crippen molar-refractivity contribution in [3.63, 3.8) is 0 Å². The molecule has 2 rings (SSSR count). The number of halogens is 2. The van der Waals surface area contributed by atoms with Crippen molar-refractivity contribution in [1.82, 2.24) is 4.72 Å². The molecule has 1 heterocycles. The predicted molar refractivity (Wildman–Crippen MR) is 62.7 cm³/mol. The van der Waals surface area contributed by atoms with Gasteiger partial charge in [-0.3, -0.25) is 4.79 Å². The summed E-state index contributed by atoms with van der Waals surface area (Å²) in [6, 6.07) is 2.42. The molecular formula is C9H7Cl2NO5S. The summed E-state index contributed by atoms with van der Waals surface area (Å²) in [7, 11) is -4.10. The fourth-order valence-corrected chi connectivity index (χ4v) is 3.59. The van der Waals surface area contributed by atoms with Crippen molar-refractivity contribution in [2.45, 2.75) is 16.0 Å². The van der Waals surface area contributed by atoms with Crippen LogP contribution in [0.15, 0.2) is 17.0 Å². The van der Waals surface area contributed by atoms with Crippen LogP contribution in [-0.4, -0.2) is 24.5 Å². The number of sulfonamides is 1. The van der Waals surface area contributed by atoms with Gasteiger partial charge in [-0.05, 0) is 0 Å². The molecule has 0 aliphatic carbocycles. The van der Waals surface area contributed by atoms with Gasteiger partial charge in [-0.2, -0.15) is 0 Å². The monoisotopic (exact) mass is 311 g/mol. The van der Waals surface area contributed by atoms with Gasteiger partial charge in [0.2, 0.25) is 0 Å². The normalized spacial score (nSPS) is 20.1. The lowest BCUT2D eigenvalue weighted by Gasteiger charge is -2.11. The van der Waals surface area contributed by atoms with E-state index in [0.29, 0.717) is 0 Å². The van der Waals surface area contributed by atoms with Crippen LogP contribution >= 0.6 is 23.2 Å². The Hall–Kier alpha value is -0.860. The molecule has 0 aromatic heterocycles. The zero-order valence-corrected chi connectivity index (χ0v) is 10.9. The summed E-state index contributed by atoms with van der Waals surface area (Å²) in [5, 5.41) is 18.6. The van der Waals surface area contributed by atoms with Crippen molar-refractivity contribution in [3.8, 4) is 0 Å². The molecule has 98 valence electrons. The van der Waals surface area contributed by atoms with Gasteiger partial charge in [-0.15, -0.1) is 0 Å². The Labute approximate surface area is 112 Å². The molecular weight excluding hydrogens is 305 g/mol. The maximum absolute atomic E-state index is 11.7. The van der Waals surface area contributed by atoms with Gasteiger partial charge in [0.1, 0.15) is 4.90 Å². The molecule has 1 amide bonds. The third-order valence-corrected chi connectivity index (χ3v) is 4.36. The van der Waals surface area contributed by atoms with E-state index < -0.39 is 32.0 Å². The maximum Gasteiger partial charge on any atom is 0.266 e. The van der Waals surface area contributed by atoms with Gasteiger partial charge in [0.25, 0.3) is 15.9 Å². The van der Waals surface area contributed by atoms with Crippen LogP contribution < -0.4 is 4.72 Å². The molecule has 0 bridgehead atoms. The van der Waals surface area contributed by atoms with Crippen molar-refractivity contribution in [2.24, 2.45) is 0 Å². The third-order valence-electron chi connectivity index (χ3n) is 2.46. The lowest BCUT2D eigenvalue weighted by atomic mass is 10.0. The number of aliphatic hydroxyl groups excluding tert-OH is 2. The number of carbonyl (C=O) groups excluding carboxylic acids is 1. The fourth-order valence-electron chi connectivity index (χ4n) is 1.75. The van der Waals surface area contributed by atoms with E-state index in [2.05, 4.69) is 0 Å². The van der Waals surface area contributed by atoms with E-state index in [1.54, 1.807) is 4.72 Å². The standard InChI is InChI=1S/C9H7Cl2NO5S/c10-7(13)3-1-2-4(8(11)14)6-5(3)9(15)12-18(6,16)17/h1-2,7-8,13-14H,(H,12,15). The molecule has 1 aromatic carbocycles. The lowest BCUT2D eigenvalue weighted by Crippen LogP contribution is -2.21. The molecule has 0 saturated heterocycles. The largest absolute Gasteiger partial charge is 0.373 e. The predicted octanol–water partition coefficient (Wildman–Crippen LogP) is 0.578. The summed E-state index contributed by atoms with van der Waals surface area (Å²) < 4.78 is 25.2. The van der Waals surface area contributed by atoms with Gasteiger partial charge in [0.05, 0.1) is 5.56 Å². The van der Waals surface area contributed by atoms with Gasteiger partial charge < -0.3 is 10.2 Å². The molecule has 6 nitrogen and oxygen atoms in total. The molecule has 1 aliphatic heterocycles. The van der Waals surface area contributed by atoms with Crippen LogP contribution in [0.5, 0.6) is 0 Å². The first-order valence-electron chi connectivity index (χ1n) is 4.64. The van der Waals surface area contributed by atoms with Crippen LogP contribution in [0.2, 0.25) is 0 Å². The van der Waals surface area contributed by atoms with E-state index in [9.17, 15) is 23.4 Å². The molecule has 0 saturated carbocycles. The Morgan fingerprint density at radius 1 is 1.11 bits per heavy atom. The Morgan fingerprint density at radius 3 is 2.11 bits per heavy atom. The number of hydrogen-bond acceptors (Lipinski definition) is 5. The first kappa shape index (κ1) is 13.6. The van der Waals surface area contributed by atoms with Crippen molar-refractivity contribution < 1.29 is 23.4 Å². The van der Waals surface area contributed by atoms with Gasteiger partial charge >= 0.3 is 0 Å². The van der Waals surface area contributed by atoms with Crippen LogP contribution in [0.1, 0.15) is 32.6 Å². The number of aliphatic hydroxyl groups is 2. The Morgan fingerprint density at radius 2 is 1.61 bits per heavy atom. The van der Waals surface area contributed by atoms with Crippen LogP contribution in [0.4, 0.5) is 0 Å². The highest BCUT2D eigenvalue weighted by molar-refractivity contribution is 7.90. The Bertz CT molecular complexity index is 626. The molecule has 0 radical (unpaired) electrons. The summed E-state index contributed by atoms with van der Waals surface area (Å²) >= 11 is 10.9. The number of alkyl halides is 2. The molecule has 1 aromatic rings. The minimum absolute atomic E-state index is 0.0636. The average molecular weight is 312 g/mol. The van der Waals surface area contributed by atoms with Crippen molar-refractivity contribution in [2.75, 3.05) is 0 Å². The zero-order valence-electron chi connectivity index (χ0n) is 8.59. The first-order chi connectivity index (χ1) is 8.25. The number of nitrogens with one attached hydrogen (secondary N) is 1. The fraction of sp³-hybridized carbons (Fsp3) is 0.222. The maximum atomic E-state index is 11.7. The average Bonchev–Trinajstić information content (AvgIpc) is 2.48. The zero-order chi connectivity index (χ0) is 13.7. The molecule has 3 N–H and O–H groups in total. The SMILES string of the molecule is O=C1NS(=O)(=O)c2c(C(O)Cl)ccc(C(O)Cl)c21. The van der Waals surface area contributed by atoms with E-state index in [1.807, 2.05) is 0 Å². The Kier molecular flexibility index (Phi) is 3.28. The highest BCUT2D eigenvalue weighted by Crippen LogP contribution is 2.36. The van der Waals surface area contributed by atoms with Crippen LogP contribution in [0, 0.1) is 0 Å². The molecule has 0 spiro atoms. The van der Waals surface area contributed by atoms with Crippen molar-refractivity contribution in [3.05, 3.63) is 28.8 Å². The minimum atomic E-state index is -4.10. The second-order valence-corrected chi connectivity index (χ2v) is 6.00. The summed E-state index contributed by atoms with van der Waals surface area (Å²) in [6.07, 6.45) is 0. The van der Waals surface area contributed by atoms with E-state index in [0.717, 1.165) is 0 Å². The lowest BCUT2D eigenvalue weighted by molar-refractivity contribution is 0.0981. The van der Waals surface area contributed by atoms with Crippen LogP contribution in [-0.2, 0) is 10.0 Å². The molecule has 2 unspecified atom stereocenters. The summed E-state index contributed by atoms with van der Waals surface area (Å²) in [4.78, 5) is 11.1. The molecule has 0 fully saturated rings. The van der Waals surface area contributed by atoms with Crippen molar-refractivity contribution in [1.29, 1.82) is 0 Å². The highest BCUT2D eigenvalue weighted by Gasteiger charge is 2.39. The summed E-state index contributed by atoms with van der Waals surface area (Å²) in [6.45, 7) is 0. The number of fused-ring (bicyclic) bond motifs is 1. The molecule has 2 atom stereocenters. The molecule has 18 heavy (non-hydrogen) atoms. The van der Waals surface area contributed by atoms with Gasteiger partial charge in [-0.1, -0.05) is 35.3 Å². The first-order valence-corrected chi connectivity index (χ1v) is 6.99. The number of benzene rings is 1. The second-order valence-electron chi connectivity index (χ2n) is 3.55.